The zero-order valence-electron chi connectivity index (χ0n) is 19.2. The van der Waals surface area contributed by atoms with Crippen LogP contribution in [0.4, 0.5) is 0 Å². The van der Waals surface area contributed by atoms with E-state index in [1.165, 1.54) is 42.7 Å². The molecule has 7 heteroatoms. The fourth-order valence-electron chi connectivity index (χ4n) is 4.53. The fraction of sp³-hybridized carbons (Fsp3) is 0.250. The molecule has 3 aromatic carbocycles. The summed E-state index contributed by atoms with van der Waals surface area (Å²) in [7, 11) is 0. The molecule has 35 heavy (non-hydrogen) atoms. The lowest BCUT2D eigenvalue weighted by Gasteiger charge is -2.26. The number of nitrogens with zero attached hydrogens (tertiary/aromatic N) is 1. The van der Waals surface area contributed by atoms with Crippen LogP contribution in [0.1, 0.15) is 35.2 Å². The highest BCUT2D eigenvalue weighted by Crippen LogP contribution is 2.44. The minimum absolute atomic E-state index is 0.0613. The van der Waals surface area contributed by atoms with E-state index < -0.39 is 0 Å². The summed E-state index contributed by atoms with van der Waals surface area (Å²) in [6, 6.07) is 16.3. The second-order valence-corrected chi connectivity index (χ2v) is 9.84. The third-order valence-electron chi connectivity index (χ3n) is 6.37. The molecule has 4 aromatic rings. The molecular weight excluding hydrogens is 462 g/mol. The van der Waals surface area contributed by atoms with Crippen molar-refractivity contribution in [3.8, 4) is 33.4 Å². The van der Waals surface area contributed by atoms with Gasteiger partial charge in [0.05, 0.1) is 4.88 Å². The van der Waals surface area contributed by atoms with Crippen molar-refractivity contribution in [2.24, 2.45) is 0 Å². The van der Waals surface area contributed by atoms with E-state index in [0.29, 0.717) is 33.6 Å². The lowest BCUT2D eigenvalue weighted by atomic mass is 9.97. The number of phenols is 3. The van der Waals surface area contributed by atoms with Crippen LogP contribution in [0.3, 0.4) is 0 Å². The van der Waals surface area contributed by atoms with E-state index in [2.05, 4.69) is 4.90 Å². The zero-order chi connectivity index (χ0) is 24.4. The van der Waals surface area contributed by atoms with E-state index in [-0.39, 0.29) is 23.0 Å². The predicted molar refractivity (Wildman–Crippen MR) is 138 cm³/mol. The summed E-state index contributed by atoms with van der Waals surface area (Å²) >= 11 is 1.31. The number of carbonyl (C=O) groups is 1. The SMILES string of the molecule is O=C(c1ccc(OCCN2CCCCC2)cc1)c1c(-c2ccc(O)cc2O)sc2cc(O)ccc12. The number of hydrogen-bond acceptors (Lipinski definition) is 7. The molecule has 1 aliphatic rings. The average Bonchev–Trinajstić information content (AvgIpc) is 3.22. The highest BCUT2D eigenvalue weighted by atomic mass is 32.1. The number of fused-ring (bicyclic) bond motifs is 1. The maximum Gasteiger partial charge on any atom is 0.195 e. The minimum Gasteiger partial charge on any atom is -0.508 e. The first-order valence-corrected chi connectivity index (χ1v) is 12.6. The molecule has 6 nitrogen and oxygen atoms in total. The first kappa shape index (κ1) is 23.2. The van der Waals surface area contributed by atoms with Crippen LogP contribution < -0.4 is 4.74 Å². The third-order valence-corrected chi connectivity index (χ3v) is 7.55. The number of phenolic OH excluding ortho intramolecular Hbond substituents is 3. The first-order chi connectivity index (χ1) is 17.0. The summed E-state index contributed by atoms with van der Waals surface area (Å²) in [4.78, 5) is 16.7. The molecule has 0 saturated carbocycles. The molecule has 0 aliphatic carbocycles. The maximum atomic E-state index is 13.7. The van der Waals surface area contributed by atoms with Gasteiger partial charge in [-0.1, -0.05) is 6.42 Å². The Kier molecular flexibility index (Phi) is 6.61. The van der Waals surface area contributed by atoms with Crippen molar-refractivity contribution < 1.29 is 24.9 Å². The van der Waals surface area contributed by atoms with Crippen molar-refractivity contribution in [2.75, 3.05) is 26.2 Å². The van der Waals surface area contributed by atoms with Crippen LogP contribution in [0.15, 0.2) is 60.7 Å². The molecule has 5 rings (SSSR count). The Morgan fingerprint density at radius 3 is 2.34 bits per heavy atom. The summed E-state index contributed by atoms with van der Waals surface area (Å²) in [5, 5.41) is 30.8. The highest BCUT2D eigenvalue weighted by Gasteiger charge is 2.23. The number of likely N-dealkylation sites (tertiary alicyclic amines) is 1. The Labute approximate surface area is 207 Å². The van der Waals surface area contributed by atoms with Gasteiger partial charge in [0.25, 0.3) is 0 Å². The van der Waals surface area contributed by atoms with Crippen LogP contribution >= 0.6 is 11.3 Å². The lowest BCUT2D eigenvalue weighted by Crippen LogP contribution is -2.33. The quantitative estimate of drug-likeness (QED) is 0.285. The van der Waals surface area contributed by atoms with Gasteiger partial charge in [-0.3, -0.25) is 9.69 Å². The summed E-state index contributed by atoms with van der Waals surface area (Å²) < 4.78 is 6.63. The van der Waals surface area contributed by atoms with Crippen molar-refractivity contribution in [2.45, 2.75) is 19.3 Å². The molecule has 3 N–H and O–H groups in total. The number of thiophene rings is 1. The molecule has 0 bridgehead atoms. The Morgan fingerprint density at radius 1 is 0.886 bits per heavy atom. The van der Waals surface area contributed by atoms with E-state index >= 15 is 0 Å². The second-order valence-electron chi connectivity index (χ2n) is 8.79. The number of benzene rings is 3. The number of aromatic hydroxyl groups is 3. The molecule has 1 aromatic heterocycles. The van der Waals surface area contributed by atoms with Crippen molar-refractivity contribution in [1.29, 1.82) is 0 Å². The molecule has 0 atom stereocenters. The van der Waals surface area contributed by atoms with Crippen LogP contribution in [0.2, 0.25) is 0 Å². The predicted octanol–water partition coefficient (Wildman–Crippen LogP) is 5.78. The molecule has 0 spiro atoms. The van der Waals surface area contributed by atoms with Gasteiger partial charge in [-0.25, -0.2) is 0 Å². The largest absolute Gasteiger partial charge is 0.508 e. The number of rotatable bonds is 7. The molecule has 0 unspecified atom stereocenters. The Balaban J connectivity index is 1.42. The molecular formula is C28H27NO5S. The molecule has 0 amide bonds. The van der Waals surface area contributed by atoms with Crippen molar-refractivity contribution >= 4 is 27.2 Å². The van der Waals surface area contributed by atoms with Crippen molar-refractivity contribution in [3.63, 3.8) is 0 Å². The van der Waals surface area contributed by atoms with Gasteiger partial charge in [-0.2, -0.15) is 0 Å². The molecule has 180 valence electrons. The molecule has 1 aliphatic heterocycles. The van der Waals surface area contributed by atoms with Crippen molar-refractivity contribution in [1.82, 2.24) is 4.90 Å². The van der Waals surface area contributed by atoms with Crippen LogP contribution in [0, 0.1) is 0 Å². The number of ketones is 1. The Hall–Kier alpha value is -3.55. The summed E-state index contributed by atoms with van der Waals surface area (Å²) in [6.45, 7) is 3.76. The second kappa shape index (κ2) is 9.98. The van der Waals surface area contributed by atoms with Crippen LogP contribution in [-0.2, 0) is 0 Å². The number of carbonyl (C=O) groups excluding carboxylic acids is 1. The minimum atomic E-state index is -0.190. The van der Waals surface area contributed by atoms with Gasteiger partial charge in [0.15, 0.2) is 5.78 Å². The van der Waals surface area contributed by atoms with Gasteiger partial charge in [-0.05, 0) is 80.5 Å². The molecule has 2 heterocycles. The van der Waals surface area contributed by atoms with Crippen LogP contribution in [0.25, 0.3) is 20.5 Å². The summed E-state index contributed by atoms with van der Waals surface area (Å²) in [5.74, 6) is 0.450. The normalized spacial score (nSPS) is 14.3. The summed E-state index contributed by atoms with van der Waals surface area (Å²) in [6.07, 6.45) is 3.80. The van der Waals surface area contributed by atoms with E-state index in [1.807, 2.05) is 12.1 Å². The van der Waals surface area contributed by atoms with Gasteiger partial charge in [0.2, 0.25) is 0 Å². The fourth-order valence-corrected chi connectivity index (χ4v) is 5.80. The van der Waals surface area contributed by atoms with Gasteiger partial charge in [0.1, 0.15) is 29.6 Å². The molecule has 0 radical (unpaired) electrons. The highest BCUT2D eigenvalue weighted by molar-refractivity contribution is 7.22. The third kappa shape index (κ3) is 4.97. The van der Waals surface area contributed by atoms with Crippen molar-refractivity contribution in [3.05, 3.63) is 71.8 Å². The topological polar surface area (TPSA) is 90.2 Å². The van der Waals surface area contributed by atoms with E-state index in [9.17, 15) is 20.1 Å². The lowest BCUT2D eigenvalue weighted by molar-refractivity contribution is 0.104. The zero-order valence-corrected chi connectivity index (χ0v) is 20.1. The summed E-state index contributed by atoms with van der Waals surface area (Å²) in [5.41, 5.74) is 1.40. The first-order valence-electron chi connectivity index (χ1n) is 11.8. The van der Waals surface area contributed by atoms with Gasteiger partial charge >= 0.3 is 0 Å². The Morgan fingerprint density at radius 2 is 1.60 bits per heavy atom. The maximum absolute atomic E-state index is 13.7. The number of piperidine rings is 1. The van der Waals surface area contributed by atoms with Gasteiger partial charge in [-0.15, -0.1) is 11.3 Å². The molecule has 1 saturated heterocycles. The van der Waals surface area contributed by atoms with Crippen LogP contribution in [0.5, 0.6) is 23.0 Å². The average molecular weight is 490 g/mol. The number of hydrogen-bond donors (Lipinski definition) is 3. The molecule has 1 fully saturated rings. The smallest absolute Gasteiger partial charge is 0.195 e. The number of ether oxygens (including phenoxy) is 1. The monoisotopic (exact) mass is 489 g/mol. The van der Waals surface area contributed by atoms with E-state index in [4.69, 9.17) is 4.74 Å². The van der Waals surface area contributed by atoms with Gasteiger partial charge < -0.3 is 20.1 Å². The van der Waals surface area contributed by atoms with Crippen LogP contribution in [-0.4, -0.2) is 52.2 Å². The standard InChI is InChI=1S/C28H27NO5S/c30-19-6-10-22(24(32)16-19)28-26(23-11-7-20(31)17-25(23)35-28)27(33)18-4-8-21(9-5-18)34-15-14-29-12-2-1-3-13-29/h4-11,16-17,30-32H,1-3,12-15H2. The Bertz CT molecular complexity index is 1360. The van der Waals surface area contributed by atoms with E-state index in [1.54, 1.807) is 36.4 Å². The van der Waals surface area contributed by atoms with E-state index in [0.717, 1.165) is 30.1 Å². The van der Waals surface area contributed by atoms with Gasteiger partial charge in [0, 0.05) is 39.4 Å².